The van der Waals surface area contributed by atoms with Crippen LogP contribution in [0.25, 0.3) is 0 Å². The Hall–Kier alpha value is -1.66. The van der Waals surface area contributed by atoms with Gasteiger partial charge in [0.25, 0.3) is 0 Å². The predicted octanol–water partition coefficient (Wildman–Crippen LogP) is 0.862. The number of sulfone groups is 1. The van der Waals surface area contributed by atoms with Gasteiger partial charge >= 0.3 is 0 Å². The summed E-state index contributed by atoms with van der Waals surface area (Å²) < 4.78 is 22.6. The smallest absolute Gasteiger partial charge is 0.224 e. The van der Waals surface area contributed by atoms with E-state index in [-0.39, 0.29) is 17.7 Å². The number of fused-ring (bicyclic) bond motifs is 1. The third kappa shape index (κ3) is 3.56. The number of benzene rings is 1. The number of hydrogen-bond acceptors (Lipinski definition) is 4. The quantitative estimate of drug-likeness (QED) is 0.894. The van der Waals surface area contributed by atoms with Crippen molar-refractivity contribution < 1.29 is 13.2 Å². The van der Waals surface area contributed by atoms with Crippen molar-refractivity contribution in [2.24, 2.45) is 0 Å². The van der Waals surface area contributed by atoms with Gasteiger partial charge < -0.3 is 10.2 Å². The van der Waals surface area contributed by atoms with Gasteiger partial charge in [-0.3, -0.25) is 4.79 Å². The van der Waals surface area contributed by atoms with E-state index in [1.54, 1.807) is 6.08 Å². The second kappa shape index (κ2) is 6.22. The normalized spacial score (nSPS) is 22.5. The molecule has 2 aliphatic rings. The highest BCUT2D eigenvalue weighted by atomic mass is 32.2. The molecule has 1 aromatic carbocycles. The van der Waals surface area contributed by atoms with Gasteiger partial charge in [0, 0.05) is 37.5 Å². The molecular formula is C16H20N2O3S. The van der Waals surface area contributed by atoms with E-state index in [4.69, 9.17) is 0 Å². The van der Waals surface area contributed by atoms with E-state index in [1.165, 1.54) is 16.5 Å². The Labute approximate surface area is 130 Å². The molecule has 118 valence electrons. The van der Waals surface area contributed by atoms with Crippen LogP contribution in [-0.4, -0.2) is 44.1 Å². The Morgan fingerprint density at radius 1 is 1.27 bits per heavy atom. The number of carbonyl (C=O) groups is 1. The molecule has 0 radical (unpaired) electrons. The number of carbonyl (C=O) groups excluding carboxylic acids is 1. The molecule has 0 aliphatic carbocycles. The average Bonchev–Trinajstić information content (AvgIpc) is 2.86. The first kappa shape index (κ1) is 15.2. The molecule has 0 unspecified atom stereocenters. The van der Waals surface area contributed by atoms with E-state index >= 15 is 0 Å². The van der Waals surface area contributed by atoms with Crippen LogP contribution < -0.4 is 5.32 Å². The monoisotopic (exact) mass is 320 g/mol. The van der Waals surface area contributed by atoms with Crippen molar-refractivity contribution in [2.75, 3.05) is 18.8 Å². The Morgan fingerprint density at radius 3 is 2.77 bits per heavy atom. The van der Waals surface area contributed by atoms with E-state index in [0.29, 0.717) is 19.5 Å². The van der Waals surface area contributed by atoms with Gasteiger partial charge in [-0.25, -0.2) is 8.42 Å². The van der Waals surface area contributed by atoms with Crippen LogP contribution in [0.1, 0.15) is 17.5 Å². The summed E-state index contributed by atoms with van der Waals surface area (Å²) in [5, 5.41) is 4.36. The van der Waals surface area contributed by atoms with Crippen molar-refractivity contribution in [3.8, 4) is 0 Å². The fourth-order valence-corrected chi connectivity index (χ4v) is 4.20. The van der Waals surface area contributed by atoms with E-state index in [9.17, 15) is 13.2 Å². The van der Waals surface area contributed by atoms with Crippen LogP contribution in [0.2, 0.25) is 0 Å². The topological polar surface area (TPSA) is 66.5 Å². The van der Waals surface area contributed by atoms with Gasteiger partial charge in [0.2, 0.25) is 5.91 Å². The summed E-state index contributed by atoms with van der Waals surface area (Å²) in [6.45, 7) is 1.93. The maximum atomic E-state index is 12.3. The van der Waals surface area contributed by atoms with Crippen LogP contribution in [0.4, 0.5) is 0 Å². The molecule has 22 heavy (non-hydrogen) atoms. The van der Waals surface area contributed by atoms with Gasteiger partial charge in [0.1, 0.15) is 0 Å². The Balaban J connectivity index is 1.46. The molecule has 1 atom stereocenters. The lowest BCUT2D eigenvalue weighted by molar-refractivity contribution is -0.132. The number of rotatable bonds is 4. The van der Waals surface area contributed by atoms with E-state index in [1.807, 2.05) is 17.0 Å². The largest absolute Gasteiger partial charge is 0.338 e. The Kier molecular flexibility index (Phi) is 4.31. The lowest BCUT2D eigenvalue weighted by Gasteiger charge is -2.29. The number of amides is 1. The van der Waals surface area contributed by atoms with Gasteiger partial charge in [-0.2, -0.15) is 0 Å². The van der Waals surface area contributed by atoms with Gasteiger partial charge in [0.05, 0.1) is 5.75 Å². The molecule has 3 rings (SSSR count). The predicted molar refractivity (Wildman–Crippen MR) is 84.9 cm³/mol. The molecule has 5 nitrogen and oxygen atoms in total. The molecule has 0 saturated carbocycles. The van der Waals surface area contributed by atoms with Crippen LogP contribution in [0.5, 0.6) is 0 Å². The molecule has 0 fully saturated rings. The van der Waals surface area contributed by atoms with Crippen molar-refractivity contribution in [3.05, 3.63) is 46.9 Å². The second-order valence-electron chi connectivity index (χ2n) is 5.80. The summed E-state index contributed by atoms with van der Waals surface area (Å²) in [5.41, 5.74) is 2.55. The minimum atomic E-state index is -3.04. The molecule has 1 amide bonds. The molecule has 1 N–H and O–H groups in total. The van der Waals surface area contributed by atoms with E-state index in [0.717, 1.165) is 13.0 Å². The fraction of sp³-hybridized carbons (Fsp3) is 0.438. The summed E-state index contributed by atoms with van der Waals surface area (Å²) in [5.74, 6) is 0.213. The molecule has 0 bridgehead atoms. The van der Waals surface area contributed by atoms with E-state index in [2.05, 4.69) is 17.4 Å². The van der Waals surface area contributed by atoms with Crippen molar-refractivity contribution in [3.63, 3.8) is 0 Å². The number of nitrogens with zero attached hydrogens (tertiary/aromatic N) is 1. The molecule has 0 spiro atoms. The van der Waals surface area contributed by atoms with Gasteiger partial charge in [-0.1, -0.05) is 30.3 Å². The first-order valence-corrected chi connectivity index (χ1v) is 9.24. The van der Waals surface area contributed by atoms with Gasteiger partial charge in [-0.15, -0.1) is 0 Å². The first-order valence-electron chi connectivity index (χ1n) is 7.52. The zero-order chi connectivity index (χ0) is 15.6. The maximum absolute atomic E-state index is 12.3. The number of hydrogen-bond donors (Lipinski definition) is 1. The van der Waals surface area contributed by atoms with Crippen molar-refractivity contribution in [1.82, 2.24) is 10.2 Å². The lowest BCUT2D eigenvalue weighted by atomic mass is 10.00. The molecule has 0 saturated heterocycles. The summed E-state index contributed by atoms with van der Waals surface area (Å²) >= 11 is 0. The average molecular weight is 320 g/mol. The third-order valence-electron chi connectivity index (χ3n) is 4.16. The van der Waals surface area contributed by atoms with Gasteiger partial charge in [0.15, 0.2) is 9.84 Å². The Bertz CT molecular complexity index is 697. The van der Waals surface area contributed by atoms with Crippen molar-refractivity contribution in [1.29, 1.82) is 0 Å². The minimum Gasteiger partial charge on any atom is -0.338 e. The highest BCUT2D eigenvalue weighted by Crippen LogP contribution is 2.18. The van der Waals surface area contributed by atoms with E-state index < -0.39 is 9.84 Å². The van der Waals surface area contributed by atoms with Crippen LogP contribution >= 0.6 is 0 Å². The van der Waals surface area contributed by atoms with Crippen LogP contribution in [-0.2, 0) is 27.6 Å². The zero-order valence-electron chi connectivity index (χ0n) is 12.4. The SMILES string of the molecule is O=C(CCN[C@H]1C=CS(=O)(=O)C1)N1CCc2ccccc2C1. The summed E-state index contributed by atoms with van der Waals surface area (Å²) in [6, 6.07) is 8.05. The molecule has 6 heteroatoms. The molecule has 1 aromatic rings. The molecule has 2 heterocycles. The Morgan fingerprint density at radius 2 is 2.05 bits per heavy atom. The standard InChI is InChI=1S/C16H20N2O3S/c19-16(5-8-17-15-7-10-22(20,21)12-15)18-9-6-13-3-1-2-4-14(13)11-18/h1-4,7,10,15,17H,5-6,8-9,11-12H2/t15-/m0/s1. The second-order valence-corrected chi connectivity index (χ2v) is 7.73. The van der Waals surface area contributed by atoms with Gasteiger partial charge in [-0.05, 0) is 17.5 Å². The maximum Gasteiger partial charge on any atom is 0.224 e. The minimum absolute atomic E-state index is 0.0955. The molecule has 2 aliphatic heterocycles. The third-order valence-corrected chi connectivity index (χ3v) is 5.55. The van der Waals surface area contributed by atoms with Crippen molar-refractivity contribution in [2.45, 2.75) is 25.4 Å². The summed E-state index contributed by atoms with van der Waals surface area (Å²) in [7, 11) is -3.04. The highest BCUT2D eigenvalue weighted by molar-refractivity contribution is 7.94. The first-order chi connectivity index (χ1) is 10.5. The fourth-order valence-electron chi connectivity index (χ4n) is 2.93. The summed E-state index contributed by atoms with van der Waals surface area (Å²) in [6.07, 6.45) is 2.95. The molecule has 0 aromatic heterocycles. The van der Waals surface area contributed by atoms with Crippen molar-refractivity contribution >= 4 is 15.7 Å². The highest BCUT2D eigenvalue weighted by Gasteiger charge is 2.23. The van der Waals surface area contributed by atoms with Crippen LogP contribution in [0.3, 0.4) is 0 Å². The zero-order valence-corrected chi connectivity index (χ0v) is 13.2. The van der Waals surface area contributed by atoms with Crippen LogP contribution in [0.15, 0.2) is 35.7 Å². The van der Waals surface area contributed by atoms with Crippen LogP contribution in [0, 0.1) is 0 Å². The molecular weight excluding hydrogens is 300 g/mol. The summed E-state index contributed by atoms with van der Waals surface area (Å²) in [4.78, 5) is 14.1. The number of nitrogens with one attached hydrogen (secondary N) is 1. The lowest BCUT2D eigenvalue weighted by Crippen LogP contribution is -2.39.